The lowest BCUT2D eigenvalue weighted by Gasteiger charge is -2.32. The molecule has 0 bridgehead atoms. The van der Waals surface area contributed by atoms with Gasteiger partial charge in [-0.3, -0.25) is 4.79 Å². The first-order valence-corrected chi connectivity index (χ1v) is 9.70. The molecule has 0 saturated carbocycles. The van der Waals surface area contributed by atoms with Crippen molar-refractivity contribution in [1.82, 2.24) is 9.88 Å². The molecule has 0 radical (unpaired) electrons. The minimum absolute atomic E-state index is 0.0107. The molecule has 1 aliphatic heterocycles. The van der Waals surface area contributed by atoms with Crippen molar-refractivity contribution in [2.75, 3.05) is 40.5 Å². The molecule has 1 aromatic heterocycles. The van der Waals surface area contributed by atoms with Crippen molar-refractivity contribution in [2.24, 2.45) is 5.92 Å². The Morgan fingerprint density at radius 3 is 2.54 bits per heavy atom. The average Bonchev–Trinajstić information content (AvgIpc) is 2.75. The number of rotatable bonds is 8. The van der Waals surface area contributed by atoms with Gasteiger partial charge in [-0.05, 0) is 55.0 Å². The highest BCUT2D eigenvalue weighted by Crippen LogP contribution is 2.25. The third-order valence-electron chi connectivity index (χ3n) is 5.11. The molecule has 6 nitrogen and oxygen atoms in total. The molecule has 2 heterocycles. The molecular formula is C22H28N2O4. The SMILES string of the molecule is COCCOc1ncccc1C(=O)N1CCC(Cc2ccc(OC)cc2)CC1. The summed E-state index contributed by atoms with van der Waals surface area (Å²) in [6.07, 6.45) is 4.67. The van der Waals surface area contributed by atoms with Crippen LogP contribution < -0.4 is 9.47 Å². The van der Waals surface area contributed by atoms with Crippen LogP contribution in [0.2, 0.25) is 0 Å². The molecule has 0 aliphatic carbocycles. The molecule has 1 saturated heterocycles. The van der Waals surface area contributed by atoms with Gasteiger partial charge in [0.15, 0.2) is 0 Å². The van der Waals surface area contributed by atoms with E-state index in [4.69, 9.17) is 14.2 Å². The number of methoxy groups -OCH3 is 2. The Balaban J connectivity index is 1.55. The topological polar surface area (TPSA) is 60.9 Å². The van der Waals surface area contributed by atoms with Crippen LogP contribution in [0.4, 0.5) is 0 Å². The van der Waals surface area contributed by atoms with Crippen LogP contribution in [0, 0.1) is 5.92 Å². The fourth-order valence-corrected chi connectivity index (χ4v) is 3.50. The van der Waals surface area contributed by atoms with Gasteiger partial charge in [-0.2, -0.15) is 0 Å². The number of carbonyl (C=O) groups excluding carboxylic acids is 1. The minimum Gasteiger partial charge on any atom is -0.497 e. The standard InChI is InChI=1S/C22H28N2O4/c1-26-14-15-28-21-20(4-3-11-23-21)22(25)24-12-9-18(10-13-24)16-17-5-7-19(27-2)8-6-17/h3-8,11,18H,9-10,12-16H2,1-2H3. The van der Waals surface area contributed by atoms with Crippen LogP contribution in [0.3, 0.4) is 0 Å². The first-order chi connectivity index (χ1) is 13.7. The number of benzene rings is 1. The summed E-state index contributed by atoms with van der Waals surface area (Å²) in [7, 11) is 3.29. The summed E-state index contributed by atoms with van der Waals surface area (Å²) in [5, 5.41) is 0. The smallest absolute Gasteiger partial charge is 0.259 e. The fraction of sp³-hybridized carbons (Fsp3) is 0.455. The first kappa shape index (κ1) is 20.1. The number of nitrogens with zero attached hydrogens (tertiary/aromatic N) is 2. The minimum atomic E-state index is -0.0107. The van der Waals surface area contributed by atoms with E-state index in [-0.39, 0.29) is 5.91 Å². The summed E-state index contributed by atoms with van der Waals surface area (Å²) in [4.78, 5) is 19.1. The van der Waals surface area contributed by atoms with E-state index in [9.17, 15) is 4.79 Å². The second kappa shape index (κ2) is 10.1. The van der Waals surface area contributed by atoms with E-state index in [1.54, 1.807) is 32.5 Å². The largest absolute Gasteiger partial charge is 0.497 e. The molecule has 1 aromatic carbocycles. The van der Waals surface area contributed by atoms with Crippen molar-refractivity contribution in [2.45, 2.75) is 19.3 Å². The molecule has 1 aliphatic rings. The lowest BCUT2D eigenvalue weighted by molar-refractivity contribution is 0.0682. The monoisotopic (exact) mass is 384 g/mol. The number of likely N-dealkylation sites (tertiary alicyclic amines) is 1. The molecule has 1 fully saturated rings. The van der Waals surface area contributed by atoms with Gasteiger partial charge in [-0.25, -0.2) is 4.98 Å². The molecule has 28 heavy (non-hydrogen) atoms. The van der Waals surface area contributed by atoms with E-state index >= 15 is 0 Å². The fourth-order valence-electron chi connectivity index (χ4n) is 3.50. The lowest BCUT2D eigenvalue weighted by Crippen LogP contribution is -2.39. The molecule has 150 valence electrons. The molecule has 2 aromatic rings. The van der Waals surface area contributed by atoms with Gasteiger partial charge in [0.05, 0.1) is 13.7 Å². The van der Waals surface area contributed by atoms with E-state index in [1.165, 1.54) is 5.56 Å². The van der Waals surface area contributed by atoms with Crippen molar-refractivity contribution in [3.63, 3.8) is 0 Å². The maximum absolute atomic E-state index is 12.9. The Labute approximate surface area is 166 Å². The van der Waals surface area contributed by atoms with Gasteiger partial charge in [-0.15, -0.1) is 0 Å². The predicted octanol–water partition coefficient (Wildman–Crippen LogP) is 3.21. The second-order valence-corrected chi connectivity index (χ2v) is 6.99. The van der Waals surface area contributed by atoms with Gasteiger partial charge in [0.2, 0.25) is 5.88 Å². The lowest BCUT2D eigenvalue weighted by atomic mass is 9.90. The number of carbonyl (C=O) groups is 1. The van der Waals surface area contributed by atoms with Crippen LogP contribution in [-0.4, -0.2) is 56.3 Å². The Morgan fingerprint density at radius 1 is 1.11 bits per heavy atom. The third kappa shape index (κ3) is 5.23. The number of aromatic nitrogens is 1. The van der Waals surface area contributed by atoms with Gasteiger partial charge in [0.1, 0.15) is 17.9 Å². The summed E-state index contributed by atoms with van der Waals surface area (Å²) in [6, 6.07) is 11.8. The summed E-state index contributed by atoms with van der Waals surface area (Å²) in [5.74, 6) is 1.83. The maximum atomic E-state index is 12.9. The van der Waals surface area contributed by atoms with Crippen LogP contribution in [-0.2, 0) is 11.2 Å². The predicted molar refractivity (Wildman–Crippen MR) is 107 cm³/mol. The molecule has 0 N–H and O–H groups in total. The summed E-state index contributed by atoms with van der Waals surface area (Å²) in [6.45, 7) is 2.34. The summed E-state index contributed by atoms with van der Waals surface area (Å²) < 4.78 is 15.8. The number of piperidine rings is 1. The maximum Gasteiger partial charge on any atom is 0.259 e. The molecule has 0 atom stereocenters. The number of hydrogen-bond acceptors (Lipinski definition) is 5. The highest BCUT2D eigenvalue weighted by molar-refractivity contribution is 5.96. The zero-order chi connectivity index (χ0) is 19.8. The van der Waals surface area contributed by atoms with Gasteiger partial charge in [0, 0.05) is 26.4 Å². The van der Waals surface area contributed by atoms with Crippen LogP contribution in [0.1, 0.15) is 28.8 Å². The van der Waals surface area contributed by atoms with Crippen molar-refractivity contribution in [3.05, 3.63) is 53.7 Å². The van der Waals surface area contributed by atoms with Gasteiger partial charge in [0.25, 0.3) is 5.91 Å². The molecule has 0 unspecified atom stereocenters. The number of amides is 1. The summed E-state index contributed by atoms with van der Waals surface area (Å²) in [5.41, 5.74) is 1.83. The Kier molecular flexibility index (Phi) is 7.25. The number of ether oxygens (including phenoxy) is 3. The molecule has 1 amide bonds. The quantitative estimate of drug-likeness (QED) is 0.654. The van der Waals surface area contributed by atoms with Gasteiger partial charge < -0.3 is 19.1 Å². The highest BCUT2D eigenvalue weighted by Gasteiger charge is 2.26. The van der Waals surface area contributed by atoms with Crippen molar-refractivity contribution >= 4 is 5.91 Å². The van der Waals surface area contributed by atoms with Crippen molar-refractivity contribution in [1.29, 1.82) is 0 Å². The second-order valence-electron chi connectivity index (χ2n) is 6.99. The van der Waals surface area contributed by atoms with Crippen molar-refractivity contribution in [3.8, 4) is 11.6 Å². The Bertz CT molecular complexity index is 755. The zero-order valence-electron chi connectivity index (χ0n) is 16.6. The summed E-state index contributed by atoms with van der Waals surface area (Å²) >= 11 is 0. The molecular weight excluding hydrogens is 356 g/mol. The normalized spacial score (nSPS) is 14.7. The Hall–Kier alpha value is -2.60. The van der Waals surface area contributed by atoms with Crippen LogP contribution in [0.5, 0.6) is 11.6 Å². The van der Waals surface area contributed by atoms with Crippen LogP contribution in [0.25, 0.3) is 0 Å². The van der Waals surface area contributed by atoms with E-state index < -0.39 is 0 Å². The van der Waals surface area contributed by atoms with Crippen molar-refractivity contribution < 1.29 is 19.0 Å². The molecule has 3 rings (SSSR count). The zero-order valence-corrected chi connectivity index (χ0v) is 16.6. The number of hydrogen-bond donors (Lipinski definition) is 0. The van der Waals surface area contributed by atoms with E-state index in [0.29, 0.717) is 30.6 Å². The van der Waals surface area contributed by atoms with E-state index in [1.807, 2.05) is 17.0 Å². The van der Waals surface area contributed by atoms with Gasteiger partial charge in [-0.1, -0.05) is 12.1 Å². The molecule has 0 spiro atoms. The third-order valence-corrected chi connectivity index (χ3v) is 5.11. The Morgan fingerprint density at radius 2 is 1.86 bits per heavy atom. The van der Waals surface area contributed by atoms with E-state index in [0.717, 1.165) is 38.1 Å². The first-order valence-electron chi connectivity index (χ1n) is 9.70. The van der Waals surface area contributed by atoms with Gasteiger partial charge >= 0.3 is 0 Å². The van der Waals surface area contributed by atoms with Crippen LogP contribution >= 0.6 is 0 Å². The highest BCUT2D eigenvalue weighted by atomic mass is 16.5. The van der Waals surface area contributed by atoms with Crippen LogP contribution in [0.15, 0.2) is 42.6 Å². The average molecular weight is 384 g/mol. The molecule has 6 heteroatoms. The number of pyridine rings is 1. The van der Waals surface area contributed by atoms with E-state index in [2.05, 4.69) is 17.1 Å².